The second-order valence-electron chi connectivity index (χ2n) is 2.21. The summed E-state index contributed by atoms with van der Waals surface area (Å²) in [5, 5.41) is 3.10. The van der Waals surface area contributed by atoms with Crippen molar-refractivity contribution in [3.05, 3.63) is 28.2 Å². The molecule has 0 atom stereocenters. The minimum Gasteiger partial charge on any atom is -0.409 e. The molecule has 1 aromatic rings. The molecule has 0 fully saturated rings. The lowest BCUT2D eigenvalue weighted by atomic mass is 10.3. The molecule has 1 N–H and O–H groups in total. The summed E-state index contributed by atoms with van der Waals surface area (Å²) in [6, 6.07) is 4.64. The Labute approximate surface area is 85.6 Å². The van der Waals surface area contributed by atoms with Crippen LogP contribution in [0.25, 0.3) is 0 Å². The van der Waals surface area contributed by atoms with Gasteiger partial charge in [-0.2, -0.15) is 0 Å². The van der Waals surface area contributed by atoms with Crippen LogP contribution in [0.15, 0.2) is 18.2 Å². The van der Waals surface area contributed by atoms with Crippen LogP contribution in [0.5, 0.6) is 5.75 Å². The number of hydrogen-bond donors (Lipinski definition) is 1. The van der Waals surface area contributed by atoms with Gasteiger partial charge in [0.2, 0.25) is 0 Å². The zero-order valence-electron chi connectivity index (χ0n) is 6.80. The van der Waals surface area contributed by atoms with E-state index in [-0.39, 0.29) is 5.75 Å². The summed E-state index contributed by atoms with van der Waals surface area (Å²) in [7, 11) is 1.46. The number of ether oxygens (including phenoxy) is 1. The molecule has 0 spiro atoms. The highest BCUT2D eigenvalue weighted by Crippen LogP contribution is 2.27. The minimum atomic E-state index is -0.579. The van der Waals surface area contributed by atoms with Crippen LogP contribution in [0.4, 0.5) is 4.79 Å². The van der Waals surface area contributed by atoms with Crippen molar-refractivity contribution in [2.75, 3.05) is 7.05 Å². The molecule has 0 aliphatic rings. The van der Waals surface area contributed by atoms with Gasteiger partial charge < -0.3 is 10.1 Å². The van der Waals surface area contributed by atoms with Gasteiger partial charge in [0.15, 0.2) is 5.75 Å². The summed E-state index contributed by atoms with van der Waals surface area (Å²) >= 11 is 11.4. The van der Waals surface area contributed by atoms with Crippen LogP contribution in [0, 0.1) is 0 Å². The van der Waals surface area contributed by atoms with E-state index in [1.54, 1.807) is 12.1 Å². The molecule has 0 unspecified atom stereocenters. The fourth-order valence-electron chi connectivity index (χ4n) is 0.706. The van der Waals surface area contributed by atoms with Gasteiger partial charge in [0.1, 0.15) is 0 Å². The Bertz CT molecular complexity index is 328. The highest BCUT2D eigenvalue weighted by molar-refractivity contribution is 6.34. The van der Waals surface area contributed by atoms with Crippen molar-refractivity contribution in [1.29, 1.82) is 0 Å². The number of hydrogen-bond acceptors (Lipinski definition) is 2. The van der Waals surface area contributed by atoms with E-state index in [9.17, 15) is 4.79 Å². The molecule has 0 saturated carbocycles. The fraction of sp³-hybridized carbons (Fsp3) is 0.125. The third kappa shape index (κ3) is 2.79. The van der Waals surface area contributed by atoms with Gasteiger partial charge in [0.05, 0.1) is 5.02 Å². The van der Waals surface area contributed by atoms with Gasteiger partial charge >= 0.3 is 6.09 Å². The SMILES string of the molecule is CNC(=O)Oc1cc(Cl)ccc1Cl. The maximum atomic E-state index is 10.8. The number of carbonyl (C=O) groups excluding carboxylic acids is 1. The molecule has 0 aliphatic carbocycles. The first-order chi connectivity index (χ1) is 6.13. The largest absolute Gasteiger partial charge is 0.412 e. The maximum Gasteiger partial charge on any atom is 0.412 e. The summed E-state index contributed by atoms with van der Waals surface area (Å²) in [5.74, 6) is 0.244. The molecule has 1 aromatic carbocycles. The van der Waals surface area contributed by atoms with Gasteiger partial charge in [0, 0.05) is 18.1 Å². The normalized spacial score (nSPS) is 9.46. The summed E-state index contributed by atoms with van der Waals surface area (Å²) in [5.41, 5.74) is 0. The zero-order chi connectivity index (χ0) is 9.84. The lowest BCUT2D eigenvalue weighted by Gasteiger charge is -2.04. The Hall–Kier alpha value is -0.930. The molecule has 0 bridgehead atoms. The molecule has 13 heavy (non-hydrogen) atoms. The zero-order valence-corrected chi connectivity index (χ0v) is 8.32. The molecule has 0 aromatic heterocycles. The van der Waals surface area contributed by atoms with E-state index in [0.29, 0.717) is 10.0 Å². The van der Waals surface area contributed by atoms with Crippen molar-refractivity contribution in [2.45, 2.75) is 0 Å². The Kier molecular flexibility index (Phi) is 3.39. The van der Waals surface area contributed by atoms with Gasteiger partial charge in [-0.3, -0.25) is 0 Å². The monoisotopic (exact) mass is 219 g/mol. The number of amides is 1. The first-order valence-corrected chi connectivity index (χ1v) is 4.23. The van der Waals surface area contributed by atoms with E-state index < -0.39 is 6.09 Å². The summed E-state index contributed by atoms with van der Waals surface area (Å²) in [6.45, 7) is 0. The summed E-state index contributed by atoms with van der Waals surface area (Å²) < 4.78 is 4.81. The van der Waals surface area contributed by atoms with Crippen LogP contribution in [0.1, 0.15) is 0 Å². The number of carbonyl (C=O) groups is 1. The van der Waals surface area contributed by atoms with E-state index in [1.807, 2.05) is 0 Å². The molecule has 3 nitrogen and oxygen atoms in total. The van der Waals surface area contributed by atoms with E-state index in [0.717, 1.165) is 0 Å². The molecular weight excluding hydrogens is 213 g/mol. The van der Waals surface area contributed by atoms with Crippen LogP contribution in [-0.4, -0.2) is 13.1 Å². The van der Waals surface area contributed by atoms with Gasteiger partial charge in [0.25, 0.3) is 0 Å². The van der Waals surface area contributed by atoms with Gasteiger partial charge in [-0.25, -0.2) is 4.79 Å². The molecular formula is C8H7Cl2NO2. The van der Waals surface area contributed by atoms with Crippen molar-refractivity contribution in [3.8, 4) is 5.75 Å². The number of nitrogens with one attached hydrogen (secondary N) is 1. The first kappa shape index (κ1) is 10.2. The van der Waals surface area contributed by atoms with Crippen molar-refractivity contribution < 1.29 is 9.53 Å². The predicted octanol–water partition coefficient (Wildman–Crippen LogP) is 2.71. The molecule has 0 aliphatic heterocycles. The van der Waals surface area contributed by atoms with Gasteiger partial charge in [-0.1, -0.05) is 23.2 Å². The highest BCUT2D eigenvalue weighted by Gasteiger charge is 2.06. The predicted molar refractivity (Wildman–Crippen MR) is 51.5 cm³/mol. The van der Waals surface area contributed by atoms with Crippen LogP contribution >= 0.6 is 23.2 Å². The van der Waals surface area contributed by atoms with Crippen molar-refractivity contribution >= 4 is 29.3 Å². The summed E-state index contributed by atoms with van der Waals surface area (Å²) in [6.07, 6.45) is -0.579. The first-order valence-electron chi connectivity index (χ1n) is 3.48. The quantitative estimate of drug-likeness (QED) is 0.789. The molecule has 1 amide bonds. The standard InChI is InChI=1S/C8H7Cl2NO2/c1-11-8(12)13-7-4-5(9)2-3-6(7)10/h2-4H,1H3,(H,11,12). The topological polar surface area (TPSA) is 38.3 Å². The van der Waals surface area contributed by atoms with Crippen molar-refractivity contribution in [3.63, 3.8) is 0 Å². The van der Waals surface area contributed by atoms with Crippen LogP contribution in [0.3, 0.4) is 0 Å². The lowest BCUT2D eigenvalue weighted by molar-refractivity contribution is 0.203. The smallest absolute Gasteiger partial charge is 0.409 e. The molecule has 0 heterocycles. The van der Waals surface area contributed by atoms with Crippen LogP contribution in [-0.2, 0) is 0 Å². The lowest BCUT2D eigenvalue weighted by Crippen LogP contribution is -2.22. The third-order valence-electron chi connectivity index (χ3n) is 1.30. The average molecular weight is 220 g/mol. The van der Waals surface area contributed by atoms with Crippen LogP contribution < -0.4 is 10.1 Å². The van der Waals surface area contributed by atoms with E-state index >= 15 is 0 Å². The number of rotatable bonds is 1. The molecule has 0 saturated heterocycles. The minimum absolute atomic E-state index is 0.244. The maximum absolute atomic E-state index is 10.8. The van der Waals surface area contributed by atoms with E-state index in [1.165, 1.54) is 13.1 Å². The van der Waals surface area contributed by atoms with E-state index in [4.69, 9.17) is 27.9 Å². The van der Waals surface area contributed by atoms with Gasteiger partial charge in [-0.05, 0) is 12.1 Å². The van der Waals surface area contributed by atoms with Crippen LogP contribution in [0.2, 0.25) is 10.0 Å². The molecule has 0 radical (unpaired) electrons. The molecule has 70 valence electrons. The second-order valence-corrected chi connectivity index (χ2v) is 3.06. The van der Waals surface area contributed by atoms with Crippen molar-refractivity contribution in [1.82, 2.24) is 5.32 Å². The van der Waals surface area contributed by atoms with Gasteiger partial charge in [-0.15, -0.1) is 0 Å². The molecule has 1 rings (SSSR count). The Balaban J connectivity index is 2.87. The Morgan fingerprint density at radius 3 is 2.77 bits per heavy atom. The average Bonchev–Trinajstić information content (AvgIpc) is 2.11. The second kappa shape index (κ2) is 4.35. The number of halogens is 2. The summed E-state index contributed by atoms with van der Waals surface area (Å²) in [4.78, 5) is 10.8. The number of benzene rings is 1. The third-order valence-corrected chi connectivity index (χ3v) is 1.85. The van der Waals surface area contributed by atoms with Crippen molar-refractivity contribution in [2.24, 2.45) is 0 Å². The molecule has 5 heteroatoms. The Morgan fingerprint density at radius 1 is 1.46 bits per heavy atom. The Morgan fingerprint density at radius 2 is 2.15 bits per heavy atom. The fourth-order valence-corrected chi connectivity index (χ4v) is 1.02. The highest BCUT2D eigenvalue weighted by atomic mass is 35.5. The van der Waals surface area contributed by atoms with E-state index in [2.05, 4.69) is 5.32 Å².